The fourth-order valence-electron chi connectivity index (χ4n) is 6.84. The summed E-state index contributed by atoms with van der Waals surface area (Å²) in [5, 5.41) is 5.54. The third-order valence-corrected chi connectivity index (χ3v) is 8.78. The van der Waals surface area contributed by atoms with Crippen LogP contribution in [0.2, 0.25) is 5.02 Å². The molecule has 2 aliphatic carbocycles. The molecule has 0 unspecified atom stereocenters. The number of fused-ring (bicyclic) bond motifs is 1. The predicted octanol–water partition coefficient (Wildman–Crippen LogP) is 6.45. The maximum atomic E-state index is 6.14. The molecule has 1 saturated heterocycles. The zero-order valence-electron chi connectivity index (χ0n) is 20.2. The van der Waals surface area contributed by atoms with Gasteiger partial charge in [-0.25, -0.2) is 0 Å². The van der Waals surface area contributed by atoms with Crippen LogP contribution in [-0.4, -0.2) is 60.1 Å². The van der Waals surface area contributed by atoms with Gasteiger partial charge in [-0.3, -0.25) is 14.8 Å². The van der Waals surface area contributed by atoms with Gasteiger partial charge in [0.2, 0.25) is 0 Å². The number of piperazine rings is 1. The van der Waals surface area contributed by atoms with Gasteiger partial charge in [0.15, 0.2) is 0 Å². The van der Waals surface area contributed by atoms with Crippen molar-refractivity contribution in [1.82, 2.24) is 14.8 Å². The SMILES string of the molecule is Clc1ccc2c(NCCN3CCN(C(C4CCCCC4)C4CCCCC4)CC3)ccnc2c1. The molecule has 3 fully saturated rings. The van der Waals surface area contributed by atoms with E-state index in [0.717, 1.165) is 52.6 Å². The zero-order valence-corrected chi connectivity index (χ0v) is 20.9. The van der Waals surface area contributed by atoms with Gasteiger partial charge in [-0.1, -0.05) is 50.1 Å². The molecule has 0 amide bonds. The lowest BCUT2D eigenvalue weighted by Crippen LogP contribution is -2.55. The summed E-state index contributed by atoms with van der Waals surface area (Å²) in [5.74, 6) is 1.92. The fourth-order valence-corrected chi connectivity index (χ4v) is 7.01. The molecule has 5 rings (SSSR count). The van der Waals surface area contributed by atoms with E-state index in [1.54, 1.807) is 0 Å². The Morgan fingerprint density at radius 1 is 0.879 bits per heavy atom. The van der Waals surface area contributed by atoms with Crippen molar-refractivity contribution in [2.45, 2.75) is 70.3 Å². The number of rotatable bonds is 7. The maximum absolute atomic E-state index is 6.14. The van der Waals surface area contributed by atoms with E-state index in [1.807, 2.05) is 18.3 Å². The summed E-state index contributed by atoms with van der Waals surface area (Å²) in [6.07, 6.45) is 16.6. The molecular weight excluding hydrogens is 428 g/mol. The van der Waals surface area contributed by atoms with E-state index < -0.39 is 0 Å². The van der Waals surface area contributed by atoms with Crippen LogP contribution in [0, 0.1) is 11.8 Å². The molecule has 1 aliphatic heterocycles. The van der Waals surface area contributed by atoms with Crippen molar-refractivity contribution in [2.75, 3.05) is 44.6 Å². The molecule has 1 aromatic heterocycles. The van der Waals surface area contributed by atoms with E-state index in [4.69, 9.17) is 11.6 Å². The Morgan fingerprint density at radius 2 is 1.55 bits per heavy atom. The molecule has 0 radical (unpaired) electrons. The molecule has 4 nitrogen and oxygen atoms in total. The normalized spacial score (nSPS) is 22.2. The van der Waals surface area contributed by atoms with Crippen LogP contribution in [0.15, 0.2) is 30.5 Å². The second-order valence-corrected chi connectivity index (χ2v) is 11.0. The summed E-state index contributed by atoms with van der Waals surface area (Å²) in [6, 6.07) is 8.90. The van der Waals surface area contributed by atoms with Crippen molar-refractivity contribution < 1.29 is 0 Å². The van der Waals surface area contributed by atoms with Crippen molar-refractivity contribution in [3.8, 4) is 0 Å². The highest BCUT2D eigenvalue weighted by molar-refractivity contribution is 6.31. The Hall–Kier alpha value is -1.36. The molecule has 1 aromatic carbocycles. The Balaban J connectivity index is 1.14. The lowest BCUT2D eigenvalue weighted by molar-refractivity contribution is 0.0181. The van der Waals surface area contributed by atoms with Crippen molar-refractivity contribution in [3.05, 3.63) is 35.5 Å². The van der Waals surface area contributed by atoms with Gasteiger partial charge in [0.25, 0.3) is 0 Å². The number of nitrogens with zero attached hydrogens (tertiary/aromatic N) is 3. The van der Waals surface area contributed by atoms with Gasteiger partial charge in [-0.2, -0.15) is 0 Å². The van der Waals surface area contributed by atoms with Crippen LogP contribution in [-0.2, 0) is 0 Å². The van der Waals surface area contributed by atoms with Crippen molar-refractivity contribution in [2.24, 2.45) is 11.8 Å². The van der Waals surface area contributed by atoms with Crippen LogP contribution in [0.4, 0.5) is 5.69 Å². The van der Waals surface area contributed by atoms with Gasteiger partial charge >= 0.3 is 0 Å². The molecule has 2 heterocycles. The fraction of sp³-hybridized carbons (Fsp3) is 0.679. The van der Waals surface area contributed by atoms with Gasteiger partial charge in [0.1, 0.15) is 0 Å². The lowest BCUT2D eigenvalue weighted by Gasteiger charge is -2.47. The standard InChI is InChI=1S/C28H41ClN4/c29-24-11-12-25-26(13-14-30-27(25)21-24)31-15-16-32-17-19-33(20-18-32)28(22-7-3-1-4-8-22)23-9-5-2-6-10-23/h11-14,21-23,28H,1-10,15-20H2,(H,30,31). The number of benzene rings is 1. The van der Waals surface area contributed by atoms with Gasteiger partial charge < -0.3 is 5.32 Å². The molecule has 0 spiro atoms. The van der Waals surface area contributed by atoms with Crippen molar-refractivity contribution >= 4 is 28.2 Å². The largest absolute Gasteiger partial charge is 0.383 e. The summed E-state index contributed by atoms with van der Waals surface area (Å²) < 4.78 is 0. The first kappa shape index (κ1) is 23.4. The van der Waals surface area contributed by atoms with E-state index in [2.05, 4.69) is 32.2 Å². The van der Waals surface area contributed by atoms with Crippen LogP contribution in [0.1, 0.15) is 64.2 Å². The van der Waals surface area contributed by atoms with E-state index in [1.165, 1.54) is 90.4 Å². The van der Waals surface area contributed by atoms with Crippen LogP contribution < -0.4 is 5.32 Å². The topological polar surface area (TPSA) is 31.4 Å². The van der Waals surface area contributed by atoms with E-state index in [9.17, 15) is 0 Å². The van der Waals surface area contributed by atoms with Crippen LogP contribution in [0.3, 0.4) is 0 Å². The van der Waals surface area contributed by atoms with Crippen molar-refractivity contribution in [3.63, 3.8) is 0 Å². The Kier molecular flexibility index (Phi) is 8.06. The molecule has 5 heteroatoms. The maximum Gasteiger partial charge on any atom is 0.0737 e. The highest BCUT2D eigenvalue weighted by Gasteiger charge is 2.36. The molecule has 180 valence electrons. The van der Waals surface area contributed by atoms with Crippen LogP contribution in [0.25, 0.3) is 10.9 Å². The number of pyridine rings is 1. The zero-order chi connectivity index (χ0) is 22.5. The molecular formula is C28H41ClN4. The summed E-state index contributed by atoms with van der Waals surface area (Å²) in [7, 11) is 0. The summed E-state index contributed by atoms with van der Waals surface area (Å²) in [4.78, 5) is 10.0. The number of aromatic nitrogens is 1. The highest BCUT2D eigenvalue weighted by Crippen LogP contribution is 2.38. The molecule has 0 bridgehead atoms. The minimum atomic E-state index is 0.741. The van der Waals surface area contributed by atoms with E-state index >= 15 is 0 Å². The average Bonchev–Trinajstić information content (AvgIpc) is 2.86. The summed E-state index contributed by atoms with van der Waals surface area (Å²) in [5.41, 5.74) is 2.11. The number of nitrogens with one attached hydrogen (secondary N) is 1. The lowest BCUT2D eigenvalue weighted by atomic mass is 9.73. The van der Waals surface area contributed by atoms with Gasteiger partial charge in [-0.15, -0.1) is 0 Å². The Morgan fingerprint density at radius 3 is 2.21 bits per heavy atom. The first-order chi connectivity index (χ1) is 16.3. The number of anilines is 1. The van der Waals surface area contributed by atoms with Crippen LogP contribution in [0.5, 0.6) is 0 Å². The monoisotopic (exact) mass is 468 g/mol. The molecule has 3 aliphatic rings. The number of halogens is 1. The van der Waals surface area contributed by atoms with Gasteiger partial charge in [0.05, 0.1) is 5.52 Å². The van der Waals surface area contributed by atoms with E-state index in [-0.39, 0.29) is 0 Å². The second kappa shape index (κ2) is 11.4. The minimum Gasteiger partial charge on any atom is -0.383 e. The summed E-state index contributed by atoms with van der Waals surface area (Å²) in [6.45, 7) is 7.01. The average molecular weight is 469 g/mol. The highest BCUT2D eigenvalue weighted by atomic mass is 35.5. The molecule has 33 heavy (non-hydrogen) atoms. The van der Waals surface area contributed by atoms with Gasteiger partial charge in [-0.05, 0) is 61.8 Å². The number of hydrogen-bond donors (Lipinski definition) is 1. The Labute approximate surface area is 205 Å². The number of hydrogen-bond acceptors (Lipinski definition) is 4. The van der Waals surface area contributed by atoms with Crippen molar-refractivity contribution in [1.29, 1.82) is 0 Å². The van der Waals surface area contributed by atoms with Gasteiger partial charge in [0, 0.05) is 67.6 Å². The molecule has 2 saturated carbocycles. The second-order valence-electron chi connectivity index (χ2n) is 10.6. The molecule has 0 atom stereocenters. The predicted molar refractivity (Wildman–Crippen MR) is 140 cm³/mol. The Bertz CT molecular complexity index is 865. The summed E-state index contributed by atoms with van der Waals surface area (Å²) >= 11 is 6.14. The first-order valence-corrected chi connectivity index (χ1v) is 13.9. The third kappa shape index (κ3) is 5.83. The minimum absolute atomic E-state index is 0.741. The smallest absolute Gasteiger partial charge is 0.0737 e. The first-order valence-electron chi connectivity index (χ1n) is 13.5. The molecule has 1 N–H and O–H groups in total. The van der Waals surface area contributed by atoms with E-state index in [0.29, 0.717) is 0 Å². The molecule has 2 aromatic rings. The third-order valence-electron chi connectivity index (χ3n) is 8.54. The quantitative estimate of drug-likeness (QED) is 0.506. The van der Waals surface area contributed by atoms with Crippen LogP contribution >= 0.6 is 11.6 Å².